The number of urea groups is 1. The Labute approximate surface area is 159 Å². The molecule has 1 fully saturated rings. The van der Waals surface area contributed by atoms with E-state index in [-0.39, 0.29) is 6.03 Å². The molecular weight excluding hydrogens is 350 g/mol. The second-order valence-corrected chi connectivity index (χ2v) is 6.69. The highest BCUT2D eigenvalue weighted by Crippen LogP contribution is 2.31. The van der Waals surface area contributed by atoms with Gasteiger partial charge in [0.05, 0.1) is 12.8 Å². The van der Waals surface area contributed by atoms with Gasteiger partial charge in [0, 0.05) is 37.7 Å². The minimum absolute atomic E-state index is 0.00126. The molecule has 5 nitrogen and oxygen atoms in total. The van der Waals surface area contributed by atoms with Crippen LogP contribution in [0.25, 0.3) is 0 Å². The molecular formula is C20H24ClN3O2. The van der Waals surface area contributed by atoms with Crippen LogP contribution in [0.2, 0.25) is 5.02 Å². The predicted molar refractivity (Wildman–Crippen MR) is 105 cm³/mol. The molecule has 0 atom stereocenters. The Morgan fingerprint density at radius 1 is 1.12 bits per heavy atom. The van der Waals surface area contributed by atoms with Crippen LogP contribution in [0.1, 0.15) is 5.56 Å². The molecule has 1 saturated heterocycles. The molecule has 0 radical (unpaired) electrons. The van der Waals surface area contributed by atoms with E-state index in [0.29, 0.717) is 24.7 Å². The molecule has 0 unspecified atom stereocenters. The zero-order valence-electron chi connectivity index (χ0n) is 15.0. The van der Waals surface area contributed by atoms with E-state index in [1.165, 1.54) is 5.56 Å². The molecule has 2 amide bonds. The van der Waals surface area contributed by atoms with Crippen LogP contribution in [0.4, 0.5) is 10.5 Å². The van der Waals surface area contributed by atoms with E-state index in [2.05, 4.69) is 22.3 Å². The van der Waals surface area contributed by atoms with Gasteiger partial charge in [-0.25, -0.2) is 4.79 Å². The smallest absolute Gasteiger partial charge is 0.317 e. The molecule has 0 saturated carbocycles. The lowest BCUT2D eigenvalue weighted by atomic mass is 10.1. The number of hydrogen-bond acceptors (Lipinski definition) is 3. The molecule has 0 aromatic heterocycles. The number of piperazine rings is 1. The third kappa shape index (κ3) is 4.61. The van der Waals surface area contributed by atoms with Crippen molar-refractivity contribution >= 4 is 23.3 Å². The van der Waals surface area contributed by atoms with Crippen LogP contribution in [0.3, 0.4) is 0 Å². The number of anilines is 1. The summed E-state index contributed by atoms with van der Waals surface area (Å²) in [6.07, 6.45) is 0.840. The first-order valence-corrected chi connectivity index (χ1v) is 9.20. The number of hydrogen-bond donors (Lipinski definition) is 1. The van der Waals surface area contributed by atoms with Crippen molar-refractivity contribution in [1.82, 2.24) is 10.2 Å². The van der Waals surface area contributed by atoms with E-state index >= 15 is 0 Å². The number of nitrogens with one attached hydrogen (secondary N) is 1. The van der Waals surface area contributed by atoms with Crippen LogP contribution in [-0.2, 0) is 6.42 Å². The highest BCUT2D eigenvalue weighted by molar-refractivity contribution is 6.30. The minimum Gasteiger partial charge on any atom is -0.495 e. The van der Waals surface area contributed by atoms with Gasteiger partial charge >= 0.3 is 6.03 Å². The quantitative estimate of drug-likeness (QED) is 0.873. The van der Waals surface area contributed by atoms with E-state index in [0.717, 1.165) is 30.9 Å². The molecule has 1 N–H and O–H groups in total. The normalized spacial score (nSPS) is 14.2. The van der Waals surface area contributed by atoms with E-state index in [4.69, 9.17) is 16.3 Å². The third-order valence-electron chi connectivity index (χ3n) is 4.58. The van der Waals surface area contributed by atoms with Crippen molar-refractivity contribution in [3.05, 3.63) is 59.1 Å². The second-order valence-electron chi connectivity index (χ2n) is 6.26. The fraction of sp³-hybridized carbons (Fsp3) is 0.350. The highest BCUT2D eigenvalue weighted by Gasteiger charge is 2.23. The van der Waals surface area contributed by atoms with Gasteiger partial charge in [-0.2, -0.15) is 0 Å². The standard InChI is InChI=1S/C20H24ClN3O2/c1-26-19-8-7-17(21)15-18(19)23-11-13-24(14-12-23)20(25)22-10-9-16-5-3-2-4-6-16/h2-8,15H,9-14H2,1H3,(H,22,25). The number of methoxy groups -OCH3 is 1. The van der Waals surface area contributed by atoms with Crippen molar-refractivity contribution in [3.63, 3.8) is 0 Å². The van der Waals surface area contributed by atoms with Crippen LogP contribution in [0.5, 0.6) is 5.75 Å². The monoisotopic (exact) mass is 373 g/mol. The summed E-state index contributed by atoms with van der Waals surface area (Å²) >= 11 is 6.12. The molecule has 0 spiro atoms. The first-order valence-electron chi connectivity index (χ1n) is 8.82. The van der Waals surface area contributed by atoms with E-state index in [9.17, 15) is 4.79 Å². The summed E-state index contributed by atoms with van der Waals surface area (Å²) in [6.45, 7) is 3.50. The Hall–Kier alpha value is -2.40. The van der Waals surface area contributed by atoms with Gasteiger partial charge in [-0.1, -0.05) is 41.9 Å². The molecule has 3 rings (SSSR count). The van der Waals surface area contributed by atoms with Crippen LogP contribution in [0, 0.1) is 0 Å². The average molecular weight is 374 g/mol. The number of benzene rings is 2. The average Bonchev–Trinajstić information content (AvgIpc) is 2.69. The van der Waals surface area contributed by atoms with E-state index in [1.807, 2.05) is 41.3 Å². The summed E-state index contributed by atoms with van der Waals surface area (Å²) in [5, 5.41) is 3.69. The molecule has 2 aromatic rings. The molecule has 0 bridgehead atoms. The number of halogens is 1. The third-order valence-corrected chi connectivity index (χ3v) is 4.82. The number of amides is 2. The van der Waals surface area contributed by atoms with Gasteiger partial charge < -0.3 is 19.9 Å². The maximum Gasteiger partial charge on any atom is 0.317 e. The summed E-state index contributed by atoms with van der Waals surface area (Å²) in [5.74, 6) is 0.801. The summed E-state index contributed by atoms with van der Waals surface area (Å²) in [4.78, 5) is 16.4. The van der Waals surface area contributed by atoms with Gasteiger partial charge in [-0.05, 0) is 30.2 Å². The van der Waals surface area contributed by atoms with Gasteiger partial charge in [-0.3, -0.25) is 0 Å². The Morgan fingerprint density at radius 3 is 2.54 bits per heavy atom. The lowest BCUT2D eigenvalue weighted by molar-refractivity contribution is 0.194. The Morgan fingerprint density at radius 2 is 1.85 bits per heavy atom. The zero-order chi connectivity index (χ0) is 18.4. The van der Waals surface area contributed by atoms with Gasteiger partial charge in [0.25, 0.3) is 0 Å². The number of ether oxygens (including phenoxy) is 1. The largest absolute Gasteiger partial charge is 0.495 e. The van der Waals surface area contributed by atoms with Gasteiger partial charge in [-0.15, -0.1) is 0 Å². The second kappa shape index (κ2) is 8.81. The lowest BCUT2D eigenvalue weighted by Crippen LogP contribution is -2.52. The summed E-state index contributed by atoms with van der Waals surface area (Å²) in [6, 6.07) is 15.8. The topological polar surface area (TPSA) is 44.8 Å². The van der Waals surface area contributed by atoms with Crippen LogP contribution < -0.4 is 15.0 Å². The van der Waals surface area contributed by atoms with Crippen LogP contribution >= 0.6 is 11.6 Å². The number of nitrogens with zero attached hydrogens (tertiary/aromatic N) is 2. The predicted octanol–water partition coefficient (Wildman–Crippen LogP) is 3.42. The van der Waals surface area contributed by atoms with Crippen molar-refractivity contribution in [2.45, 2.75) is 6.42 Å². The number of carbonyl (C=O) groups is 1. The molecule has 138 valence electrons. The van der Waals surface area contributed by atoms with Crippen molar-refractivity contribution in [3.8, 4) is 5.75 Å². The molecule has 1 aliphatic heterocycles. The van der Waals surface area contributed by atoms with Crippen molar-refractivity contribution in [1.29, 1.82) is 0 Å². The van der Waals surface area contributed by atoms with E-state index < -0.39 is 0 Å². The van der Waals surface area contributed by atoms with Crippen molar-refractivity contribution in [2.24, 2.45) is 0 Å². The first kappa shape index (κ1) is 18.4. The Kier molecular flexibility index (Phi) is 6.23. The molecule has 1 heterocycles. The molecule has 26 heavy (non-hydrogen) atoms. The summed E-state index contributed by atoms with van der Waals surface area (Å²) in [7, 11) is 1.66. The minimum atomic E-state index is -0.00126. The maximum absolute atomic E-state index is 12.4. The summed E-state index contributed by atoms with van der Waals surface area (Å²) in [5.41, 5.74) is 2.20. The van der Waals surface area contributed by atoms with Crippen molar-refractivity contribution < 1.29 is 9.53 Å². The fourth-order valence-corrected chi connectivity index (χ4v) is 3.30. The van der Waals surface area contributed by atoms with Crippen LogP contribution in [0.15, 0.2) is 48.5 Å². The molecule has 0 aliphatic carbocycles. The van der Waals surface area contributed by atoms with Gasteiger partial charge in [0.2, 0.25) is 0 Å². The van der Waals surface area contributed by atoms with Gasteiger partial charge in [0.15, 0.2) is 0 Å². The first-order chi connectivity index (χ1) is 12.7. The molecule has 6 heteroatoms. The lowest BCUT2D eigenvalue weighted by Gasteiger charge is -2.36. The van der Waals surface area contributed by atoms with E-state index in [1.54, 1.807) is 7.11 Å². The maximum atomic E-state index is 12.4. The van der Waals surface area contributed by atoms with Crippen LogP contribution in [-0.4, -0.2) is 50.8 Å². The number of rotatable bonds is 5. The number of carbonyl (C=O) groups excluding carboxylic acids is 1. The van der Waals surface area contributed by atoms with Crippen molar-refractivity contribution in [2.75, 3.05) is 44.7 Å². The summed E-state index contributed by atoms with van der Waals surface area (Å²) < 4.78 is 5.43. The molecule has 1 aliphatic rings. The van der Waals surface area contributed by atoms with Gasteiger partial charge in [0.1, 0.15) is 5.75 Å². The highest BCUT2D eigenvalue weighted by atomic mass is 35.5. The zero-order valence-corrected chi connectivity index (χ0v) is 15.7. The molecule has 2 aromatic carbocycles. The Bertz CT molecular complexity index is 731. The Balaban J connectivity index is 1.49. The fourth-order valence-electron chi connectivity index (χ4n) is 3.13. The SMILES string of the molecule is COc1ccc(Cl)cc1N1CCN(C(=O)NCCc2ccccc2)CC1.